The number of phosphoric acid groups is 1. The Balaban J connectivity index is 1.18. The lowest BCUT2D eigenvalue weighted by atomic mass is 9.55. The molecule has 0 aromatic rings. The standard InChI is InChI=1S/C62H98N13O14P/c1-29-20-39-40(21-30(29)2)75(28-70-39)57-52(84)53(41(27-76)87-57)89-90(85,86)88-31(3)26-69-49(83)18-19-59(8)37(22-46(66)80)56-62(11)61(10,25-48(68)82)36(14-17-45(65)79)51(74-62)33(5)55-60(9,24-47(67)81)34(12-15-43(63)77)38(71-55)23-42-58(6,7)35(13-16-44(64)78)50(72-42)32(4)54(59)73-56/h23,29-31,34-37,39-41,52-53,56-57,70-71,76,84H,12-22,24-28H2,1-11H3,(H2,63,77)(H2,64,78)(H2,65,79)(H2,66,80)(H2,67,81)(H2,68,82)(H,69,83)(H,85,86). The summed E-state index contributed by atoms with van der Waals surface area (Å²) in [6.45, 7) is 20.4. The number of allylic oxidation sites excluding steroid dienone is 6. The van der Waals surface area contributed by atoms with Gasteiger partial charge in [0.05, 0.1) is 31.0 Å². The Morgan fingerprint density at radius 1 is 0.822 bits per heavy atom. The fraction of sp³-hybridized carbons (Fsp3) is 0.742. The Labute approximate surface area is 526 Å². The molecule has 8 aliphatic rings. The van der Waals surface area contributed by atoms with Crippen LogP contribution in [0.1, 0.15) is 160 Å². The molecule has 7 aliphatic heterocycles. The van der Waals surface area contributed by atoms with Gasteiger partial charge in [-0.05, 0) is 95.3 Å². The van der Waals surface area contributed by atoms with E-state index < -0.39 is 143 Å². The highest BCUT2D eigenvalue weighted by Gasteiger charge is 2.66. The Hall–Kier alpha value is -5.77. The van der Waals surface area contributed by atoms with Crippen LogP contribution in [0.15, 0.2) is 49.3 Å². The molecule has 4 fully saturated rings. The molecule has 27 nitrogen and oxygen atoms in total. The molecule has 0 radical (unpaired) electrons. The number of amides is 7. The summed E-state index contributed by atoms with van der Waals surface area (Å²) in [6.07, 6.45) is -3.27. The maximum atomic E-state index is 14.4. The van der Waals surface area contributed by atoms with E-state index in [1.165, 1.54) is 6.92 Å². The summed E-state index contributed by atoms with van der Waals surface area (Å²) in [5.41, 5.74) is 34.3. The number of rotatable bonds is 26. The van der Waals surface area contributed by atoms with Crippen molar-refractivity contribution in [1.29, 1.82) is 0 Å². The molecule has 1 aliphatic carbocycles. The number of aliphatic hydroxyl groups is 2. The topological polar surface area (TPSA) is 457 Å². The van der Waals surface area contributed by atoms with Crippen molar-refractivity contribution in [2.75, 3.05) is 19.8 Å². The molecule has 0 aromatic carbocycles. The van der Waals surface area contributed by atoms with Crippen molar-refractivity contribution in [3.05, 3.63) is 34.3 Å². The second-order valence-electron chi connectivity index (χ2n) is 28.5. The molecule has 7 heterocycles. The minimum Gasteiger partial charge on any atom is -0.394 e. The number of aliphatic imine (C=N–C) groups is 3. The molecule has 0 aromatic heterocycles. The quantitative estimate of drug-likeness (QED) is 0.0551. The Bertz CT molecular complexity index is 3150. The number of ether oxygens (including phenoxy) is 1. The van der Waals surface area contributed by atoms with E-state index in [2.05, 4.69) is 29.8 Å². The van der Waals surface area contributed by atoms with Crippen LogP contribution in [0.25, 0.3) is 0 Å². The van der Waals surface area contributed by atoms with Gasteiger partial charge in [-0.25, -0.2) is 4.57 Å². The van der Waals surface area contributed by atoms with E-state index in [1.54, 1.807) is 0 Å². The zero-order valence-corrected chi connectivity index (χ0v) is 54.9. The van der Waals surface area contributed by atoms with Crippen molar-refractivity contribution >= 4 is 66.3 Å². The molecule has 1 saturated carbocycles. The van der Waals surface area contributed by atoms with Crippen LogP contribution in [0.3, 0.4) is 0 Å². The molecule has 7 amide bonds. The highest BCUT2D eigenvalue weighted by Crippen LogP contribution is 2.63. The zero-order valence-electron chi connectivity index (χ0n) is 54.0. The lowest BCUT2D eigenvalue weighted by Gasteiger charge is -2.48. The number of nitrogens with one attached hydrogen (secondary N) is 3. The van der Waals surface area contributed by atoms with Crippen LogP contribution in [0.2, 0.25) is 0 Å². The molecular formula is C62H98N13O14P. The van der Waals surface area contributed by atoms with Gasteiger partial charge in [-0.3, -0.25) is 67.8 Å². The summed E-state index contributed by atoms with van der Waals surface area (Å²) in [6, 6.07) is -0.841. The first-order chi connectivity index (χ1) is 41.8. The van der Waals surface area contributed by atoms with E-state index in [0.29, 0.717) is 63.9 Å². The third-order valence-corrected chi connectivity index (χ3v) is 23.2. The first-order valence-corrected chi connectivity index (χ1v) is 33.1. The normalized spacial score (nSPS) is 37.2. The highest BCUT2D eigenvalue weighted by atomic mass is 31.2. The molecule has 19 atom stereocenters. The SMILES string of the molecule is CC1=C2N=C(C=C3NC(=C(C)C4=NC(C)(C5N=C1C(C)(CCC(=O)NCC(C)OP(=O)(O)OC1C(CO)OC(N6CNC7CC(C)C(C)CC76)C1O)C5CC(N)=O)C(C)(CC(N)=O)C4CCC(N)=O)C(C)(CC(N)=O)C3CCC(N)=O)C(C)(C)C2CCC(N)=O. The third kappa shape index (κ3) is 13.4. The summed E-state index contributed by atoms with van der Waals surface area (Å²) in [5, 5.41) is 31.9. The molecule has 0 spiro atoms. The zero-order chi connectivity index (χ0) is 66.7. The van der Waals surface area contributed by atoms with Gasteiger partial charge in [0.1, 0.15) is 24.5 Å². The largest absolute Gasteiger partial charge is 0.472 e. The minimum atomic E-state index is -5.02. The predicted octanol–water partition coefficient (Wildman–Crippen LogP) is 1.99. The monoisotopic (exact) mass is 1280 g/mol. The van der Waals surface area contributed by atoms with Gasteiger partial charge in [0.25, 0.3) is 0 Å². The summed E-state index contributed by atoms with van der Waals surface area (Å²) < 4.78 is 31.0. The first-order valence-electron chi connectivity index (χ1n) is 31.6. The minimum absolute atomic E-state index is 0.00318. The molecule has 28 heteroatoms. The van der Waals surface area contributed by atoms with E-state index >= 15 is 0 Å². The molecule has 8 bridgehead atoms. The van der Waals surface area contributed by atoms with Gasteiger partial charge in [0.2, 0.25) is 41.4 Å². The number of aliphatic hydroxyl groups excluding tert-OH is 2. The molecule has 90 heavy (non-hydrogen) atoms. The maximum absolute atomic E-state index is 14.4. The van der Waals surface area contributed by atoms with Gasteiger partial charge in [-0.15, -0.1) is 0 Å². The number of hydrogen-bond donors (Lipinski definition) is 12. The second kappa shape index (κ2) is 26.3. The van der Waals surface area contributed by atoms with Gasteiger partial charge in [0.15, 0.2) is 0 Å². The molecule has 18 N–H and O–H groups in total. The summed E-state index contributed by atoms with van der Waals surface area (Å²) in [7, 11) is -5.02. The molecule has 8 rings (SSSR count). The van der Waals surface area contributed by atoms with Gasteiger partial charge in [-0.1, -0.05) is 48.5 Å². The number of nitrogens with zero attached hydrogens (tertiary/aromatic N) is 4. The fourth-order valence-corrected chi connectivity index (χ4v) is 17.9. The highest BCUT2D eigenvalue weighted by molar-refractivity contribution is 7.47. The first kappa shape index (κ1) is 70.1. The number of nitrogens with two attached hydrogens (primary N) is 6. The van der Waals surface area contributed by atoms with Crippen LogP contribution in [0, 0.1) is 57.2 Å². The van der Waals surface area contributed by atoms with Crippen LogP contribution in [-0.2, 0) is 51.9 Å². The number of fused-ring (bicyclic) bond motifs is 7. The van der Waals surface area contributed by atoms with Gasteiger partial charge in [-0.2, -0.15) is 0 Å². The van der Waals surface area contributed by atoms with Crippen LogP contribution in [0.4, 0.5) is 0 Å². The van der Waals surface area contributed by atoms with Crippen molar-refractivity contribution in [3.8, 4) is 0 Å². The summed E-state index contributed by atoms with van der Waals surface area (Å²) >= 11 is 0. The Kier molecular flexibility index (Phi) is 20.5. The van der Waals surface area contributed by atoms with Crippen LogP contribution in [0.5, 0.6) is 0 Å². The van der Waals surface area contributed by atoms with Gasteiger partial charge < -0.3 is 64.9 Å². The summed E-state index contributed by atoms with van der Waals surface area (Å²) in [4.78, 5) is 123. The van der Waals surface area contributed by atoms with Gasteiger partial charge in [0, 0.05) is 143 Å². The van der Waals surface area contributed by atoms with Crippen molar-refractivity contribution in [2.45, 2.75) is 214 Å². The van der Waals surface area contributed by atoms with Crippen LogP contribution >= 0.6 is 7.82 Å². The fourth-order valence-electron chi connectivity index (χ4n) is 16.8. The Morgan fingerprint density at radius 2 is 1.42 bits per heavy atom. The van der Waals surface area contributed by atoms with E-state index in [1.807, 2.05) is 66.4 Å². The molecular weight excluding hydrogens is 1180 g/mol. The van der Waals surface area contributed by atoms with Crippen molar-refractivity contribution in [1.82, 2.24) is 20.9 Å². The number of phosphoric ester groups is 1. The van der Waals surface area contributed by atoms with Crippen LogP contribution < -0.4 is 50.4 Å². The van der Waals surface area contributed by atoms with E-state index in [9.17, 15) is 53.2 Å². The number of primary amides is 6. The summed E-state index contributed by atoms with van der Waals surface area (Å²) in [5.74, 6) is -6.19. The van der Waals surface area contributed by atoms with E-state index in [0.717, 1.165) is 12.8 Å². The van der Waals surface area contributed by atoms with Crippen LogP contribution in [-0.4, -0.2) is 153 Å². The predicted molar refractivity (Wildman–Crippen MR) is 334 cm³/mol. The van der Waals surface area contributed by atoms with E-state index in [4.69, 9.17) is 63.2 Å². The lowest BCUT2D eigenvalue weighted by Crippen LogP contribution is -2.56. The van der Waals surface area contributed by atoms with E-state index in [-0.39, 0.29) is 89.3 Å². The lowest BCUT2D eigenvalue weighted by molar-refractivity contribution is -0.124. The van der Waals surface area contributed by atoms with Crippen molar-refractivity contribution < 1.29 is 67.0 Å². The van der Waals surface area contributed by atoms with Gasteiger partial charge >= 0.3 is 7.82 Å². The number of hydrogen-bond acceptors (Lipinski definition) is 19. The number of carbonyl (C=O) groups excluding carboxylic acids is 7. The molecule has 500 valence electrons. The average Bonchev–Trinajstić information content (AvgIpc) is 1.53. The van der Waals surface area contributed by atoms with Crippen molar-refractivity contribution in [3.63, 3.8) is 0 Å². The van der Waals surface area contributed by atoms with Crippen molar-refractivity contribution in [2.24, 2.45) is 107 Å². The molecule has 19 unspecified atom stereocenters. The maximum Gasteiger partial charge on any atom is 0.472 e. The Morgan fingerprint density at radius 3 is 2.01 bits per heavy atom. The second-order valence-corrected chi connectivity index (χ2v) is 29.8. The average molecular weight is 1280 g/mol. The number of carbonyl (C=O) groups is 7. The third-order valence-electron chi connectivity index (χ3n) is 22.1. The molecule has 3 saturated heterocycles. The smallest absolute Gasteiger partial charge is 0.394 e.